The first kappa shape index (κ1) is 18.9. The number of pyridine rings is 2. The van der Waals surface area contributed by atoms with Gasteiger partial charge in [-0.1, -0.05) is 0 Å². The second-order valence-corrected chi connectivity index (χ2v) is 9.10. The number of fused-ring (bicyclic) bond motifs is 5. The van der Waals surface area contributed by atoms with E-state index < -0.39 is 17.6 Å². The average Bonchev–Trinajstić information content (AvgIpc) is 3.16. The van der Waals surface area contributed by atoms with E-state index in [4.69, 9.17) is 9.72 Å². The van der Waals surface area contributed by atoms with Gasteiger partial charge in [0.05, 0.1) is 33.3 Å². The molecule has 0 aliphatic carbocycles. The molecule has 0 N–H and O–H groups in total. The molecule has 32 heavy (non-hydrogen) atoms. The summed E-state index contributed by atoms with van der Waals surface area (Å²) >= 11 is 0. The van der Waals surface area contributed by atoms with Crippen LogP contribution in [-0.4, -0.2) is 43.4 Å². The maximum atomic E-state index is 14.2. The number of rotatable bonds is 0. The Morgan fingerprint density at radius 2 is 1.91 bits per heavy atom. The lowest BCUT2D eigenvalue weighted by molar-refractivity contribution is 0.0233. The van der Waals surface area contributed by atoms with E-state index in [1.54, 1.807) is 33.2 Å². The van der Waals surface area contributed by atoms with Crippen molar-refractivity contribution in [2.24, 2.45) is 0 Å². The third-order valence-corrected chi connectivity index (χ3v) is 5.87. The van der Waals surface area contributed by atoms with Crippen molar-refractivity contribution >= 4 is 50.2 Å². The van der Waals surface area contributed by atoms with Crippen LogP contribution in [0, 0.1) is 5.82 Å². The summed E-state index contributed by atoms with van der Waals surface area (Å²) < 4.78 is 21.5. The van der Waals surface area contributed by atoms with Crippen LogP contribution in [0.2, 0.25) is 0 Å². The fourth-order valence-corrected chi connectivity index (χ4v) is 4.63. The molecule has 0 saturated heterocycles. The Balaban J connectivity index is 1.71. The highest BCUT2D eigenvalue weighted by atomic mass is 19.1. The Hall–Kier alpha value is -3.81. The Labute approximate surface area is 181 Å². The van der Waals surface area contributed by atoms with Crippen LogP contribution < -0.4 is 0 Å². The number of ether oxygens (including phenoxy) is 1. The van der Waals surface area contributed by atoms with Crippen LogP contribution in [0.1, 0.15) is 36.8 Å². The summed E-state index contributed by atoms with van der Waals surface area (Å²) in [6.45, 7) is 5.47. The number of carbonyl (C=O) groups is 2. The van der Waals surface area contributed by atoms with Crippen molar-refractivity contribution in [2.75, 3.05) is 6.54 Å². The molecule has 2 aromatic carbocycles. The molecule has 1 aliphatic heterocycles. The summed E-state index contributed by atoms with van der Waals surface area (Å²) in [5, 5.41) is 2.14. The highest BCUT2D eigenvalue weighted by Crippen LogP contribution is 2.39. The SMILES string of the molecule is CC(C)(C)OC(=O)N1CCc2nc3ccc4ncn5c6cc(F)ccc6c(c2C1=O)c3c45. The summed E-state index contributed by atoms with van der Waals surface area (Å²) in [7, 11) is 0. The predicted octanol–water partition coefficient (Wildman–Crippen LogP) is 4.70. The molecule has 6 rings (SSSR count). The van der Waals surface area contributed by atoms with Crippen LogP contribution in [0.4, 0.5) is 9.18 Å². The number of carbonyl (C=O) groups excluding carboxylic acids is 2. The van der Waals surface area contributed by atoms with Crippen molar-refractivity contribution in [1.29, 1.82) is 0 Å². The van der Waals surface area contributed by atoms with Crippen LogP contribution in [0.15, 0.2) is 36.7 Å². The van der Waals surface area contributed by atoms with E-state index in [-0.39, 0.29) is 12.4 Å². The van der Waals surface area contributed by atoms with E-state index in [9.17, 15) is 14.0 Å². The number of aromatic nitrogens is 3. The fourth-order valence-electron chi connectivity index (χ4n) is 4.63. The molecule has 0 fully saturated rings. The predicted molar refractivity (Wildman–Crippen MR) is 118 cm³/mol. The molecule has 0 bridgehead atoms. The normalized spacial score (nSPS) is 14.8. The number of benzene rings is 2. The number of imidazole rings is 1. The van der Waals surface area contributed by atoms with Gasteiger partial charge in [-0.05, 0) is 51.1 Å². The highest BCUT2D eigenvalue weighted by molar-refractivity contribution is 6.28. The second-order valence-electron chi connectivity index (χ2n) is 9.10. The van der Waals surface area contributed by atoms with E-state index in [2.05, 4.69) is 4.98 Å². The van der Waals surface area contributed by atoms with Crippen LogP contribution in [0.25, 0.3) is 38.2 Å². The van der Waals surface area contributed by atoms with Crippen LogP contribution >= 0.6 is 0 Å². The summed E-state index contributed by atoms with van der Waals surface area (Å²) in [5.74, 6) is -0.837. The van der Waals surface area contributed by atoms with Crippen LogP contribution in [0.3, 0.4) is 0 Å². The van der Waals surface area contributed by atoms with Crippen molar-refractivity contribution in [3.63, 3.8) is 0 Å². The third-order valence-electron chi connectivity index (χ3n) is 5.87. The van der Waals surface area contributed by atoms with Crippen LogP contribution in [-0.2, 0) is 11.2 Å². The van der Waals surface area contributed by atoms with Crippen molar-refractivity contribution in [1.82, 2.24) is 19.3 Å². The Kier molecular flexibility index (Phi) is 3.62. The van der Waals surface area contributed by atoms with E-state index >= 15 is 0 Å². The molecule has 5 aromatic rings. The monoisotopic (exact) mass is 430 g/mol. The van der Waals surface area contributed by atoms with Gasteiger partial charge in [-0.2, -0.15) is 0 Å². The Bertz CT molecular complexity index is 1600. The van der Waals surface area contributed by atoms with E-state index in [1.807, 2.05) is 16.5 Å². The van der Waals surface area contributed by atoms with Gasteiger partial charge < -0.3 is 4.74 Å². The zero-order valence-electron chi connectivity index (χ0n) is 17.8. The van der Waals surface area contributed by atoms with E-state index in [1.165, 1.54) is 12.1 Å². The van der Waals surface area contributed by atoms with Gasteiger partial charge in [0, 0.05) is 29.1 Å². The van der Waals surface area contributed by atoms with E-state index in [0.29, 0.717) is 34.0 Å². The second kappa shape index (κ2) is 6.12. The van der Waals surface area contributed by atoms with E-state index in [0.717, 1.165) is 26.8 Å². The van der Waals surface area contributed by atoms with Gasteiger partial charge in [0.15, 0.2) is 0 Å². The maximum absolute atomic E-state index is 14.2. The standard InChI is InChI=1S/C24H19FN4O3/c1-24(2,3)32-23(31)28-9-8-15-20(22(28)30)18-13-5-4-12(25)10-17(13)29-11-26-16-7-6-14(27-15)19(18)21(16)29/h4-7,10-11H,8-9H2,1-3H3. The van der Waals surface area contributed by atoms with Gasteiger partial charge in [-0.15, -0.1) is 0 Å². The highest BCUT2D eigenvalue weighted by Gasteiger charge is 2.36. The molecule has 1 aliphatic rings. The molecule has 160 valence electrons. The van der Waals surface area contributed by atoms with Gasteiger partial charge in [-0.3, -0.25) is 14.2 Å². The number of hydrogen-bond donors (Lipinski definition) is 0. The zero-order chi connectivity index (χ0) is 22.4. The lowest BCUT2D eigenvalue weighted by Crippen LogP contribution is -2.45. The lowest BCUT2D eigenvalue weighted by Gasteiger charge is -2.30. The fraction of sp³-hybridized carbons (Fsp3) is 0.250. The van der Waals surface area contributed by atoms with Gasteiger partial charge >= 0.3 is 6.09 Å². The third kappa shape index (κ3) is 2.52. The Morgan fingerprint density at radius 1 is 1.12 bits per heavy atom. The zero-order valence-corrected chi connectivity index (χ0v) is 17.8. The maximum Gasteiger partial charge on any atom is 0.417 e. The first-order valence-electron chi connectivity index (χ1n) is 10.4. The molecule has 2 amide bonds. The van der Waals surface area contributed by atoms with Crippen molar-refractivity contribution in [3.05, 3.63) is 53.7 Å². The molecular weight excluding hydrogens is 411 g/mol. The van der Waals surface area contributed by atoms with Crippen LogP contribution in [0.5, 0.6) is 0 Å². The molecule has 0 spiro atoms. The molecule has 0 saturated carbocycles. The summed E-state index contributed by atoms with van der Waals surface area (Å²) in [5.41, 5.74) is 3.10. The number of nitrogens with zero attached hydrogens (tertiary/aromatic N) is 4. The lowest BCUT2D eigenvalue weighted by atomic mass is 9.93. The van der Waals surface area contributed by atoms with Gasteiger partial charge in [0.2, 0.25) is 0 Å². The number of halogens is 1. The smallest absolute Gasteiger partial charge is 0.417 e. The summed E-state index contributed by atoms with van der Waals surface area (Å²) in [6.07, 6.45) is 1.38. The molecule has 4 heterocycles. The van der Waals surface area contributed by atoms with Crippen molar-refractivity contribution in [2.45, 2.75) is 32.8 Å². The topological polar surface area (TPSA) is 76.8 Å². The van der Waals surface area contributed by atoms with Crippen molar-refractivity contribution in [3.8, 4) is 0 Å². The minimum Gasteiger partial charge on any atom is -0.443 e. The Morgan fingerprint density at radius 3 is 2.69 bits per heavy atom. The molecule has 0 radical (unpaired) electrons. The molecule has 8 heteroatoms. The molecule has 0 atom stereocenters. The van der Waals surface area contributed by atoms with Gasteiger partial charge in [0.1, 0.15) is 17.7 Å². The molecule has 0 unspecified atom stereocenters. The minimum absolute atomic E-state index is 0.190. The summed E-state index contributed by atoms with van der Waals surface area (Å²) in [6, 6.07) is 8.24. The number of hydrogen-bond acceptors (Lipinski definition) is 5. The molecule has 3 aromatic heterocycles. The number of amides is 2. The number of imide groups is 1. The first-order valence-corrected chi connectivity index (χ1v) is 10.4. The minimum atomic E-state index is -0.726. The van der Waals surface area contributed by atoms with Gasteiger partial charge in [-0.25, -0.2) is 19.1 Å². The quantitative estimate of drug-likeness (QED) is 0.263. The average molecular weight is 430 g/mol. The molecular formula is C24H19FN4O3. The van der Waals surface area contributed by atoms with Gasteiger partial charge in [0.25, 0.3) is 5.91 Å². The largest absolute Gasteiger partial charge is 0.443 e. The summed E-state index contributed by atoms with van der Waals surface area (Å²) in [4.78, 5) is 36.8. The van der Waals surface area contributed by atoms with Crippen molar-refractivity contribution < 1.29 is 18.7 Å². The first-order chi connectivity index (χ1) is 15.2. The molecule has 7 nitrogen and oxygen atoms in total.